The van der Waals surface area contributed by atoms with Gasteiger partial charge in [0.1, 0.15) is 4.87 Å². The van der Waals surface area contributed by atoms with Gasteiger partial charge in [-0.2, -0.15) is 0 Å². The number of ketones is 1. The fraction of sp³-hybridized carbons (Fsp3) is 0.545. The molecule has 0 amide bonds. The number of hydrogen-bond acceptors (Lipinski definition) is 2. The molecule has 0 fully saturated rings. The lowest BCUT2D eigenvalue weighted by Crippen LogP contribution is -2.50. The largest absolute Gasteiger partial charge is 0.298 e. The van der Waals surface area contributed by atoms with Crippen LogP contribution in [-0.2, 0) is 4.79 Å². The molecule has 84 valence electrons. The van der Waals surface area contributed by atoms with Crippen molar-refractivity contribution in [3.8, 4) is 0 Å². The summed E-state index contributed by atoms with van der Waals surface area (Å²) in [5.41, 5.74) is 0. The third-order valence-electron chi connectivity index (χ3n) is 2.47. The topological polar surface area (TPSA) is 20.3 Å². The first-order chi connectivity index (χ1) is 6.89. The number of carbonyl (C=O) groups excluding carboxylic acids is 1. The van der Waals surface area contributed by atoms with Crippen LogP contribution in [0.5, 0.6) is 0 Å². The highest BCUT2D eigenvalue weighted by Crippen LogP contribution is 2.33. The van der Waals surface area contributed by atoms with Crippen molar-refractivity contribution in [2.75, 3.05) is 0 Å². The van der Waals surface area contributed by atoms with E-state index in [9.17, 15) is 4.79 Å². The predicted octanol–water partition coefficient (Wildman–Crippen LogP) is 2.91. The molecule has 1 aliphatic carbocycles. The van der Waals surface area contributed by atoms with E-state index in [4.69, 9.17) is 23.4 Å². The van der Waals surface area contributed by atoms with Gasteiger partial charge in [-0.25, -0.2) is 4.42 Å². The lowest BCUT2D eigenvalue weighted by atomic mass is 9.90. The van der Waals surface area contributed by atoms with Gasteiger partial charge in [0.15, 0.2) is 5.78 Å². The smallest absolute Gasteiger partial charge is 0.156 e. The Morgan fingerprint density at radius 2 is 2.07 bits per heavy atom. The third kappa shape index (κ3) is 2.44. The highest BCUT2D eigenvalue weighted by molar-refractivity contribution is 6.37. The Morgan fingerprint density at radius 1 is 1.47 bits per heavy atom. The molecule has 1 aliphatic rings. The molecule has 0 N–H and O–H groups in total. The number of nitrogens with zero attached hydrogens (tertiary/aromatic N) is 1. The number of Topliss-reactive ketones (excluding diaryl/α,β-unsaturated/α-hetero) is 1. The molecule has 0 saturated carbocycles. The summed E-state index contributed by atoms with van der Waals surface area (Å²) in [5.74, 6) is -0.0962. The molecule has 2 atom stereocenters. The molecule has 0 bridgehead atoms. The molecule has 1 rings (SSSR count). The third-order valence-corrected chi connectivity index (χ3v) is 3.69. The van der Waals surface area contributed by atoms with E-state index >= 15 is 0 Å². The first kappa shape index (κ1) is 12.8. The minimum Gasteiger partial charge on any atom is -0.298 e. The van der Waals surface area contributed by atoms with Gasteiger partial charge in [-0.1, -0.05) is 24.3 Å². The molecule has 4 heteroatoms. The summed E-state index contributed by atoms with van der Waals surface area (Å²) in [5, 5.41) is 0. The quantitative estimate of drug-likeness (QED) is 0.565. The maximum absolute atomic E-state index is 11.6. The summed E-state index contributed by atoms with van der Waals surface area (Å²) in [6, 6.07) is -0.186. The zero-order valence-electron chi connectivity index (χ0n) is 9.08. The van der Waals surface area contributed by atoms with E-state index in [1.165, 1.54) is 6.92 Å². The summed E-state index contributed by atoms with van der Waals surface area (Å²) in [7, 11) is 0. The predicted molar refractivity (Wildman–Crippen MR) is 64.2 cm³/mol. The van der Waals surface area contributed by atoms with Crippen LogP contribution >= 0.6 is 23.4 Å². The molecule has 0 spiro atoms. The summed E-state index contributed by atoms with van der Waals surface area (Å²) >= 11 is 12.4. The lowest BCUT2D eigenvalue weighted by molar-refractivity contribution is -0.119. The molecular weight excluding hydrogens is 233 g/mol. The van der Waals surface area contributed by atoms with Gasteiger partial charge in [0, 0.05) is 6.04 Å². The van der Waals surface area contributed by atoms with E-state index in [-0.39, 0.29) is 17.9 Å². The fourth-order valence-electron chi connectivity index (χ4n) is 1.51. The normalized spacial score (nSPS) is 30.2. The van der Waals surface area contributed by atoms with Crippen LogP contribution < -0.4 is 0 Å². The van der Waals surface area contributed by atoms with Crippen molar-refractivity contribution in [1.82, 2.24) is 4.42 Å². The molecule has 2 nitrogen and oxygen atoms in total. The van der Waals surface area contributed by atoms with E-state index in [1.807, 2.05) is 26.0 Å². The summed E-state index contributed by atoms with van der Waals surface area (Å²) in [6.45, 7) is 5.39. The van der Waals surface area contributed by atoms with Crippen LogP contribution in [0.15, 0.2) is 24.3 Å². The maximum atomic E-state index is 11.6. The standard InChI is InChI=1S/C11H15Cl2NO/c1-8(2)14(13)10-6-4-5-7-11(10,12)9(3)15/h4-8,10H,1-3H3. The molecule has 0 saturated heterocycles. The summed E-state index contributed by atoms with van der Waals surface area (Å²) in [6.07, 6.45) is 7.17. The second-order valence-corrected chi connectivity index (χ2v) is 4.97. The van der Waals surface area contributed by atoms with Gasteiger partial charge in [0.25, 0.3) is 0 Å². The van der Waals surface area contributed by atoms with E-state index in [2.05, 4.69) is 0 Å². The van der Waals surface area contributed by atoms with Gasteiger partial charge < -0.3 is 0 Å². The number of allylic oxidation sites excluding steroid dienone is 2. The summed E-state index contributed by atoms with van der Waals surface area (Å²) < 4.78 is 1.58. The fourth-order valence-corrected chi connectivity index (χ4v) is 2.03. The molecule has 0 radical (unpaired) electrons. The van der Waals surface area contributed by atoms with Gasteiger partial charge in [0.05, 0.1) is 6.04 Å². The van der Waals surface area contributed by atoms with Crippen LogP contribution in [0.4, 0.5) is 0 Å². The second-order valence-electron chi connectivity index (χ2n) is 3.95. The Hall–Kier alpha value is -0.310. The van der Waals surface area contributed by atoms with Gasteiger partial charge in [0.2, 0.25) is 0 Å². The molecule has 0 aromatic heterocycles. The molecular formula is C11H15Cl2NO. The molecule has 0 aliphatic heterocycles. The van der Waals surface area contributed by atoms with Gasteiger partial charge in [-0.15, -0.1) is 11.6 Å². The molecule has 2 unspecified atom stereocenters. The number of rotatable bonds is 3. The molecule has 15 heavy (non-hydrogen) atoms. The SMILES string of the molecule is CC(=O)C1(Cl)C=CC=CC1N(Cl)C(C)C. The van der Waals surface area contributed by atoms with Crippen LogP contribution in [0.2, 0.25) is 0 Å². The lowest BCUT2D eigenvalue weighted by Gasteiger charge is -2.37. The monoisotopic (exact) mass is 247 g/mol. The maximum Gasteiger partial charge on any atom is 0.156 e. The number of hydrogen-bond donors (Lipinski definition) is 0. The van der Waals surface area contributed by atoms with Crippen LogP contribution in [0.1, 0.15) is 20.8 Å². The second kappa shape index (κ2) is 4.69. The van der Waals surface area contributed by atoms with E-state index < -0.39 is 4.87 Å². The van der Waals surface area contributed by atoms with Crippen LogP contribution in [0, 0.1) is 0 Å². The summed E-state index contributed by atoms with van der Waals surface area (Å²) in [4.78, 5) is 10.5. The highest BCUT2D eigenvalue weighted by Gasteiger charge is 2.42. The van der Waals surface area contributed by atoms with Crippen molar-refractivity contribution in [3.63, 3.8) is 0 Å². The Kier molecular flexibility index (Phi) is 3.99. The number of alkyl halides is 1. The minimum atomic E-state index is -1.04. The Labute approximate surface area is 101 Å². The first-order valence-corrected chi connectivity index (χ1v) is 5.61. The number of halogens is 2. The Balaban J connectivity index is 3.00. The van der Waals surface area contributed by atoms with E-state index in [0.717, 1.165) is 0 Å². The van der Waals surface area contributed by atoms with Gasteiger partial charge in [-0.3, -0.25) is 4.79 Å². The van der Waals surface area contributed by atoms with Crippen molar-refractivity contribution in [2.45, 2.75) is 37.7 Å². The van der Waals surface area contributed by atoms with Crippen molar-refractivity contribution >= 4 is 29.2 Å². The van der Waals surface area contributed by atoms with Crippen molar-refractivity contribution in [2.24, 2.45) is 0 Å². The molecule has 0 aromatic rings. The minimum absolute atomic E-state index is 0.0962. The zero-order chi connectivity index (χ0) is 11.6. The van der Waals surface area contributed by atoms with Gasteiger partial charge >= 0.3 is 0 Å². The Morgan fingerprint density at radius 3 is 2.53 bits per heavy atom. The van der Waals surface area contributed by atoms with Crippen molar-refractivity contribution in [3.05, 3.63) is 24.3 Å². The van der Waals surface area contributed by atoms with Crippen LogP contribution in [-0.4, -0.2) is 27.2 Å². The van der Waals surface area contributed by atoms with E-state index in [1.54, 1.807) is 16.6 Å². The average molecular weight is 248 g/mol. The van der Waals surface area contributed by atoms with Gasteiger partial charge in [-0.05, 0) is 32.5 Å². The highest BCUT2D eigenvalue weighted by atomic mass is 35.5. The van der Waals surface area contributed by atoms with Crippen molar-refractivity contribution < 1.29 is 4.79 Å². The molecule has 0 heterocycles. The molecule has 0 aromatic carbocycles. The van der Waals surface area contributed by atoms with E-state index in [0.29, 0.717) is 0 Å². The van der Waals surface area contributed by atoms with Crippen LogP contribution in [0.25, 0.3) is 0 Å². The first-order valence-electron chi connectivity index (χ1n) is 4.89. The van der Waals surface area contributed by atoms with Crippen LogP contribution in [0.3, 0.4) is 0 Å². The zero-order valence-corrected chi connectivity index (χ0v) is 10.6. The average Bonchev–Trinajstić information content (AvgIpc) is 2.17. The number of carbonyl (C=O) groups is 1. The Bertz CT molecular complexity index is 312. The van der Waals surface area contributed by atoms with Crippen molar-refractivity contribution in [1.29, 1.82) is 0 Å².